The normalized spacial score (nSPS) is 21.0. The minimum absolute atomic E-state index is 0.00193. The van der Waals surface area contributed by atoms with E-state index in [0.29, 0.717) is 0 Å². The van der Waals surface area contributed by atoms with Crippen molar-refractivity contribution in [3.63, 3.8) is 0 Å². The number of carbonyl (C=O) groups excluding carboxylic acids is 3. The SMILES string of the molecule is COC(=O)CC[C@@H]1NC(=O)N(O)C1=O. The number of methoxy groups -OCH3 is 1. The largest absolute Gasteiger partial charge is 0.469 e. The maximum atomic E-state index is 11.1. The summed E-state index contributed by atoms with van der Waals surface area (Å²) >= 11 is 0. The van der Waals surface area contributed by atoms with Crippen LogP contribution in [0.1, 0.15) is 12.8 Å². The molecular formula is C7H10N2O5. The summed E-state index contributed by atoms with van der Waals surface area (Å²) in [6.45, 7) is 0. The number of imide groups is 1. The van der Waals surface area contributed by atoms with Gasteiger partial charge in [-0.15, -0.1) is 5.06 Å². The lowest BCUT2D eigenvalue weighted by atomic mass is 10.1. The fraction of sp³-hybridized carbons (Fsp3) is 0.571. The van der Waals surface area contributed by atoms with Crippen molar-refractivity contribution in [3.8, 4) is 0 Å². The maximum absolute atomic E-state index is 11.1. The second-order valence-corrected chi connectivity index (χ2v) is 2.77. The van der Waals surface area contributed by atoms with Crippen LogP contribution >= 0.6 is 0 Å². The Hall–Kier alpha value is -1.63. The van der Waals surface area contributed by atoms with Crippen LogP contribution < -0.4 is 5.32 Å². The van der Waals surface area contributed by atoms with Crippen molar-refractivity contribution in [1.29, 1.82) is 0 Å². The molecule has 0 aliphatic carbocycles. The van der Waals surface area contributed by atoms with Crippen LogP contribution in [-0.4, -0.2) is 41.3 Å². The molecule has 0 aromatic carbocycles. The summed E-state index contributed by atoms with van der Waals surface area (Å²) in [6, 6.07) is -1.71. The minimum atomic E-state index is -0.870. The van der Waals surface area contributed by atoms with E-state index in [9.17, 15) is 14.4 Å². The number of hydrogen-bond acceptors (Lipinski definition) is 5. The Morgan fingerprint density at radius 3 is 2.71 bits per heavy atom. The van der Waals surface area contributed by atoms with E-state index in [1.807, 2.05) is 0 Å². The highest BCUT2D eigenvalue weighted by Gasteiger charge is 2.37. The Morgan fingerprint density at radius 1 is 1.64 bits per heavy atom. The van der Waals surface area contributed by atoms with Crippen LogP contribution in [0.3, 0.4) is 0 Å². The van der Waals surface area contributed by atoms with Crippen LogP contribution in [0.25, 0.3) is 0 Å². The Balaban J connectivity index is 2.44. The zero-order chi connectivity index (χ0) is 10.7. The minimum Gasteiger partial charge on any atom is -0.469 e. The second kappa shape index (κ2) is 4.05. The Labute approximate surface area is 79.6 Å². The first kappa shape index (κ1) is 10.5. The molecule has 0 aromatic heterocycles. The Bertz CT molecular complexity index is 277. The van der Waals surface area contributed by atoms with Gasteiger partial charge in [-0.2, -0.15) is 0 Å². The number of carbonyl (C=O) groups is 3. The number of ether oxygens (including phenoxy) is 1. The van der Waals surface area contributed by atoms with E-state index in [0.717, 1.165) is 0 Å². The fourth-order valence-electron chi connectivity index (χ4n) is 1.08. The topological polar surface area (TPSA) is 95.9 Å². The van der Waals surface area contributed by atoms with Gasteiger partial charge in [-0.3, -0.25) is 14.8 Å². The molecule has 7 nitrogen and oxygen atoms in total. The number of rotatable bonds is 3. The monoisotopic (exact) mass is 202 g/mol. The standard InChI is InChI=1S/C7H10N2O5/c1-14-5(10)3-2-4-6(11)9(13)7(12)8-4/h4,13H,2-3H2,1H3,(H,8,12)/t4-/m0/s1. The summed E-state index contributed by atoms with van der Waals surface area (Å²) in [6.07, 6.45) is 0.134. The summed E-state index contributed by atoms with van der Waals surface area (Å²) in [5.41, 5.74) is 0. The lowest BCUT2D eigenvalue weighted by molar-refractivity contribution is -0.149. The van der Waals surface area contributed by atoms with Crippen molar-refractivity contribution in [3.05, 3.63) is 0 Å². The van der Waals surface area contributed by atoms with E-state index in [-0.39, 0.29) is 17.9 Å². The van der Waals surface area contributed by atoms with Crippen LogP contribution in [-0.2, 0) is 14.3 Å². The molecular weight excluding hydrogens is 192 g/mol. The van der Waals surface area contributed by atoms with Gasteiger partial charge in [0.25, 0.3) is 5.91 Å². The molecule has 1 aliphatic heterocycles. The third-order valence-electron chi connectivity index (χ3n) is 1.86. The number of esters is 1. The van der Waals surface area contributed by atoms with E-state index in [2.05, 4.69) is 10.1 Å². The van der Waals surface area contributed by atoms with Crippen LogP contribution in [0.5, 0.6) is 0 Å². The van der Waals surface area contributed by atoms with Gasteiger partial charge in [0.05, 0.1) is 7.11 Å². The van der Waals surface area contributed by atoms with Crippen molar-refractivity contribution in [1.82, 2.24) is 10.4 Å². The van der Waals surface area contributed by atoms with Gasteiger partial charge in [-0.25, -0.2) is 4.79 Å². The molecule has 1 saturated heterocycles. The molecule has 0 radical (unpaired) electrons. The molecule has 3 amide bonds. The molecule has 78 valence electrons. The summed E-state index contributed by atoms with van der Waals surface area (Å²) in [7, 11) is 1.23. The average Bonchev–Trinajstić information content (AvgIpc) is 2.42. The molecule has 0 bridgehead atoms. The predicted octanol–water partition coefficient (Wildman–Crippen LogP) is -0.751. The Morgan fingerprint density at radius 2 is 2.29 bits per heavy atom. The van der Waals surface area contributed by atoms with Gasteiger partial charge >= 0.3 is 12.0 Å². The molecule has 2 N–H and O–H groups in total. The van der Waals surface area contributed by atoms with Crippen molar-refractivity contribution < 1.29 is 24.3 Å². The number of nitrogens with zero attached hydrogens (tertiary/aromatic N) is 1. The summed E-state index contributed by atoms with van der Waals surface area (Å²) in [5, 5.41) is 11.0. The molecule has 1 rings (SSSR count). The van der Waals surface area contributed by atoms with E-state index >= 15 is 0 Å². The highest BCUT2D eigenvalue weighted by Crippen LogP contribution is 2.08. The summed E-state index contributed by atoms with van der Waals surface area (Å²) in [5.74, 6) is -1.22. The molecule has 1 fully saturated rings. The van der Waals surface area contributed by atoms with Crippen molar-refractivity contribution in [2.45, 2.75) is 18.9 Å². The fourth-order valence-corrected chi connectivity index (χ4v) is 1.08. The molecule has 0 spiro atoms. The molecule has 0 aromatic rings. The molecule has 14 heavy (non-hydrogen) atoms. The van der Waals surface area contributed by atoms with E-state index in [1.165, 1.54) is 7.11 Å². The van der Waals surface area contributed by atoms with Gasteiger partial charge in [-0.1, -0.05) is 0 Å². The first-order valence-electron chi connectivity index (χ1n) is 3.96. The maximum Gasteiger partial charge on any atom is 0.349 e. The summed E-state index contributed by atoms with van der Waals surface area (Å²) in [4.78, 5) is 32.5. The average molecular weight is 202 g/mol. The third-order valence-corrected chi connectivity index (χ3v) is 1.86. The third kappa shape index (κ3) is 1.99. The molecule has 0 saturated carbocycles. The molecule has 0 unspecified atom stereocenters. The number of nitrogens with one attached hydrogen (secondary N) is 1. The molecule has 1 atom stereocenters. The number of urea groups is 1. The van der Waals surface area contributed by atoms with Crippen LogP contribution in [0.15, 0.2) is 0 Å². The van der Waals surface area contributed by atoms with Gasteiger partial charge in [0, 0.05) is 6.42 Å². The van der Waals surface area contributed by atoms with E-state index < -0.39 is 23.9 Å². The van der Waals surface area contributed by atoms with E-state index in [1.54, 1.807) is 0 Å². The quantitative estimate of drug-likeness (QED) is 0.356. The molecule has 7 heteroatoms. The number of hydrogen-bond donors (Lipinski definition) is 2. The second-order valence-electron chi connectivity index (χ2n) is 2.77. The number of amides is 3. The van der Waals surface area contributed by atoms with Crippen LogP contribution in [0.2, 0.25) is 0 Å². The van der Waals surface area contributed by atoms with Gasteiger partial charge in [0.2, 0.25) is 0 Å². The van der Waals surface area contributed by atoms with Gasteiger partial charge in [0.15, 0.2) is 0 Å². The number of hydroxylamine groups is 2. The summed E-state index contributed by atoms with van der Waals surface area (Å²) < 4.78 is 4.36. The van der Waals surface area contributed by atoms with Gasteiger partial charge < -0.3 is 10.1 Å². The van der Waals surface area contributed by atoms with Crippen molar-refractivity contribution in [2.24, 2.45) is 0 Å². The van der Waals surface area contributed by atoms with Crippen molar-refractivity contribution in [2.75, 3.05) is 7.11 Å². The van der Waals surface area contributed by atoms with Crippen molar-refractivity contribution >= 4 is 17.9 Å². The van der Waals surface area contributed by atoms with Gasteiger partial charge in [0.1, 0.15) is 6.04 Å². The van der Waals surface area contributed by atoms with Gasteiger partial charge in [-0.05, 0) is 6.42 Å². The smallest absolute Gasteiger partial charge is 0.349 e. The molecule has 1 heterocycles. The zero-order valence-electron chi connectivity index (χ0n) is 7.52. The molecule has 1 aliphatic rings. The Kier molecular flexibility index (Phi) is 3.03. The first-order chi connectivity index (χ1) is 6.56. The predicted molar refractivity (Wildman–Crippen MR) is 42.2 cm³/mol. The first-order valence-corrected chi connectivity index (χ1v) is 3.96. The van der Waals surface area contributed by atoms with Crippen LogP contribution in [0.4, 0.5) is 4.79 Å². The zero-order valence-corrected chi connectivity index (χ0v) is 7.52. The lowest BCUT2D eigenvalue weighted by Crippen LogP contribution is -2.29. The highest BCUT2D eigenvalue weighted by molar-refractivity contribution is 6.02. The highest BCUT2D eigenvalue weighted by atomic mass is 16.5. The van der Waals surface area contributed by atoms with E-state index in [4.69, 9.17) is 5.21 Å². The van der Waals surface area contributed by atoms with Crippen LogP contribution in [0, 0.1) is 0 Å². The lowest BCUT2D eigenvalue weighted by Gasteiger charge is -2.05.